The number of carboxylic acid groups (broad SMARTS) is 1. The molecule has 0 aromatic carbocycles. The lowest BCUT2D eigenvalue weighted by atomic mass is 9.78. The van der Waals surface area contributed by atoms with Gasteiger partial charge in [-0.25, -0.2) is 14.4 Å². The van der Waals surface area contributed by atoms with Crippen LogP contribution < -0.4 is 0 Å². The Balaban J connectivity index is 1.66. The summed E-state index contributed by atoms with van der Waals surface area (Å²) in [6, 6.07) is 0. The van der Waals surface area contributed by atoms with Crippen molar-refractivity contribution in [3.63, 3.8) is 0 Å². The minimum atomic E-state index is -5.77. The Morgan fingerprint density at radius 2 is 1.67 bits per heavy atom. The Bertz CT molecular complexity index is 895. The van der Waals surface area contributed by atoms with Gasteiger partial charge < -0.3 is 24.1 Å². The molecule has 33 heavy (non-hydrogen) atoms. The van der Waals surface area contributed by atoms with Crippen molar-refractivity contribution in [1.82, 2.24) is 0 Å². The first kappa shape index (κ1) is 24.7. The van der Waals surface area contributed by atoms with Crippen molar-refractivity contribution in [2.45, 2.75) is 56.8 Å². The highest BCUT2D eigenvalue weighted by molar-refractivity contribution is 5.90. The lowest BCUT2D eigenvalue weighted by Crippen LogP contribution is -2.53. The van der Waals surface area contributed by atoms with E-state index in [2.05, 4.69) is 4.74 Å². The van der Waals surface area contributed by atoms with Crippen molar-refractivity contribution in [2.24, 2.45) is 23.7 Å². The zero-order valence-electron chi connectivity index (χ0n) is 17.5. The summed E-state index contributed by atoms with van der Waals surface area (Å²) >= 11 is 0. The van der Waals surface area contributed by atoms with Gasteiger partial charge in [-0.05, 0) is 27.2 Å². The number of carboxylic acids is 1. The number of esters is 4. The van der Waals surface area contributed by atoms with Crippen molar-refractivity contribution in [3.8, 4) is 0 Å². The van der Waals surface area contributed by atoms with Gasteiger partial charge in [0.1, 0.15) is 17.8 Å². The summed E-state index contributed by atoms with van der Waals surface area (Å²) in [4.78, 5) is 58.5. The Morgan fingerprint density at radius 3 is 2.21 bits per heavy atom. The number of aliphatic carboxylic acids is 1. The predicted octanol–water partition coefficient (Wildman–Crippen LogP) is 0.946. The number of hydrogen-bond donors (Lipinski definition) is 1. The summed E-state index contributed by atoms with van der Waals surface area (Å²) in [7, 11) is 0. The van der Waals surface area contributed by atoms with E-state index >= 15 is 0 Å². The lowest BCUT2D eigenvalue weighted by molar-refractivity contribution is -0.235. The molecular formula is C19H20F4O10. The second kappa shape index (κ2) is 7.83. The van der Waals surface area contributed by atoms with Crippen LogP contribution in [0.5, 0.6) is 0 Å². The van der Waals surface area contributed by atoms with E-state index in [-0.39, 0.29) is 6.42 Å². The van der Waals surface area contributed by atoms with Crippen molar-refractivity contribution < 1.29 is 65.6 Å². The molecule has 0 radical (unpaired) electrons. The predicted molar refractivity (Wildman–Crippen MR) is 92.7 cm³/mol. The summed E-state index contributed by atoms with van der Waals surface area (Å²) in [5.74, 6) is -23.5. The fourth-order valence-electron chi connectivity index (χ4n) is 4.50. The molecule has 6 unspecified atom stereocenters. The molecule has 2 saturated carbocycles. The molecular weight excluding hydrogens is 464 g/mol. The van der Waals surface area contributed by atoms with E-state index in [1.54, 1.807) is 20.8 Å². The van der Waals surface area contributed by atoms with E-state index < -0.39 is 89.8 Å². The van der Waals surface area contributed by atoms with E-state index in [1.807, 2.05) is 0 Å². The Morgan fingerprint density at radius 1 is 1.06 bits per heavy atom. The maximum Gasteiger partial charge on any atom is 0.415 e. The number of halogens is 4. The maximum atomic E-state index is 13.4. The van der Waals surface area contributed by atoms with Crippen LogP contribution in [0, 0.1) is 23.7 Å². The second-order valence-corrected chi connectivity index (χ2v) is 9.03. The number of rotatable bonds is 7. The minimum absolute atomic E-state index is 0.269. The molecule has 1 aliphatic heterocycles. The number of ether oxygens (including phenoxy) is 4. The van der Waals surface area contributed by atoms with E-state index in [0.717, 1.165) is 0 Å². The van der Waals surface area contributed by atoms with Crippen LogP contribution in [-0.4, -0.2) is 71.2 Å². The molecule has 0 aromatic heterocycles. The Labute approximate surface area is 183 Å². The van der Waals surface area contributed by atoms with Crippen LogP contribution in [0.4, 0.5) is 17.6 Å². The second-order valence-electron chi connectivity index (χ2n) is 9.03. The molecule has 2 aliphatic carbocycles. The maximum absolute atomic E-state index is 13.4. The summed E-state index contributed by atoms with van der Waals surface area (Å²) in [6.45, 7) is 3.30. The molecule has 1 heterocycles. The highest BCUT2D eigenvalue weighted by Gasteiger charge is 2.71. The standard InChI is InChI=1S/C19H20F4O10/c1-17(2,3)33-14(26)10-7-4-6-9(10)13(25)32-12(6)11(7)31-8(24)5-30-16(29)19(22,23)18(20,21)15(27)28/h6-7,9-12H,4-5H2,1-3H3,(H,27,28). The molecule has 2 bridgehead atoms. The monoisotopic (exact) mass is 484 g/mol. The van der Waals surface area contributed by atoms with Gasteiger partial charge >= 0.3 is 41.7 Å². The van der Waals surface area contributed by atoms with Crippen LogP contribution in [0.1, 0.15) is 27.2 Å². The number of carbonyl (C=O) groups excluding carboxylic acids is 4. The van der Waals surface area contributed by atoms with Crippen LogP contribution >= 0.6 is 0 Å². The van der Waals surface area contributed by atoms with Gasteiger partial charge in [-0.1, -0.05) is 0 Å². The molecule has 1 N–H and O–H groups in total. The molecule has 10 nitrogen and oxygen atoms in total. The Kier molecular flexibility index (Phi) is 5.87. The summed E-state index contributed by atoms with van der Waals surface area (Å²) in [5.41, 5.74) is -0.871. The van der Waals surface area contributed by atoms with Crippen molar-refractivity contribution in [1.29, 1.82) is 0 Å². The largest absolute Gasteiger partial charge is 0.477 e. The van der Waals surface area contributed by atoms with Gasteiger partial charge in [0.2, 0.25) is 0 Å². The zero-order chi connectivity index (χ0) is 25.1. The highest BCUT2D eigenvalue weighted by atomic mass is 19.3. The zero-order valence-corrected chi connectivity index (χ0v) is 17.5. The SMILES string of the molecule is CC(C)(C)OC(=O)C1C2CC3C(OC(=O)C31)C2OC(=O)COC(=O)C(F)(F)C(F)(F)C(=O)O. The first-order chi connectivity index (χ1) is 15.0. The van der Waals surface area contributed by atoms with E-state index in [4.69, 9.17) is 19.3 Å². The van der Waals surface area contributed by atoms with E-state index in [1.165, 1.54) is 0 Å². The summed E-state index contributed by atoms with van der Waals surface area (Å²) in [6.07, 6.45) is -1.82. The van der Waals surface area contributed by atoms with Crippen LogP contribution in [0.25, 0.3) is 0 Å². The Hall–Kier alpha value is -2.93. The van der Waals surface area contributed by atoms with Gasteiger partial charge in [0.05, 0.1) is 11.8 Å². The average molecular weight is 484 g/mol. The van der Waals surface area contributed by atoms with E-state index in [9.17, 15) is 41.5 Å². The topological polar surface area (TPSA) is 142 Å². The quantitative estimate of drug-likeness (QED) is 0.315. The third-order valence-electron chi connectivity index (χ3n) is 5.73. The lowest BCUT2D eigenvalue weighted by Gasteiger charge is -2.32. The van der Waals surface area contributed by atoms with Gasteiger partial charge in [0.25, 0.3) is 0 Å². The molecule has 3 aliphatic rings. The number of hydrogen-bond acceptors (Lipinski definition) is 9. The van der Waals surface area contributed by atoms with Crippen LogP contribution in [0.2, 0.25) is 0 Å². The van der Waals surface area contributed by atoms with Gasteiger partial charge in [-0.15, -0.1) is 0 Å². The van der Waals surface area contributed by atoms with Gasteiger partial charge in [-0.2, -0.15) is 17.6 Å². The fourth-order valence-corrected chi connectivity index (χ4v) is 4.50. The summed E-state index contributed by atoms with van der Waals surface area (Å²) < 4.78 is 72.3. The molecule has 0 amide bonds. The van der Waals surface area contributed by atoms with E-state index in [0.29, 0.717) is 0 Å². The number of carbonyl (C=O) groups is 5. The summed E-state index contributed by atoms with van der Waals surface area (Å²) in [5, 5.41) is 8.17. The molecule has 1 saturated heterocycles. The minimum Gasteiger partial charge on any atom is -0.477 e. The number of alkyl halides is 4. The van der Waals surface area contributed by atoms with Crippen molar-refractivity contribution in [3.05, 3.63) is 0 Å². The normalized spacial score (nSPS) is 30.6. The molecule has 14 heteroatoms. The molecule has 184 valence electrons. The smallest absolute Gasteiger partial charge is 0.415 e. The number of fused-ring (bicyclic) bond motifs is 1. The highest BCUT2D eigenvalue weighted by Crippen LogP contribution is 2.59. The third-order valence-corrected chi connectivity index (χ3v) is 5.73. The molecule has 3 rings (SSSR count). The molecule has 6 atom stereocenters. The first-order valence-corrected chi connectivity index (χ1v) is 9.78. The molecule has 0 aromatic rings. The van der Waals surface area contributed by atoms with Crippen molar-refractivity contribution in [2.75, 3.05) is 6.61 Å². The average Bonchev–Trinajstić information content (AvgIpc) is 3.27. The van der Waals surface area contributed by atoms with Gasteiger partial charge in [0, 0.05) is 11.8 Å². The molecule has 0 spiro atoms. The van der Waals surface area contributed by atoms with Gasteiger partial charge in [0.15, 0.2) is 6.61 Å². The molecule has 3 fully saturated rings. The first-order valence-electron chi connectivity index (χ1n) is 9.78. The van der Waals surface area contributed by atoms with Gasteiger partial charge in [-0.3, -0.25) is 9.59 Å². The van der Waals surface area contributed by atoms with Crippen LogP contribution in [0.3, 0.4) is 0 Å². The third kappa shape index (κ3) is 4.10. The van der Waals surface area contributed by atoms with Crippen molar-refractivity contribution >= 4 is 29.8 Å². The van der Waals surface area contributed by atoms with Crippen LogP contribution in [0.15, 0.2) is 0 Å². The fraction of sp³-hybridized carbons (Fsp3) is 0.737. The van der Waals surface area contributed by atoms with Crippen LogP contribution in [-0.2, 0) is 42.9 Å².